The number of benzene rings is 2. The Morgan fingerprint density at radius 2 is 1.62 bits per heavy atom. The molecule has 0 atom stereocenters. The van der Waals surface area contributed by atoms with Crippen molar-refractivity contribution in [3.63, 3.8) is 0 Å². The fourth-order valence-corrected chi connectivity index (χ4v) is 3.27. The Labute approximate surface area is 140 Å². The first-order chi connectivity index (χ1) is 9.52. The molecule has 0 bridgehead atoms. The molecule has 2 rings (SSSR count). The fourth-order valence-electron chi connectivity index (χ4n) is 2.20. The number of rotatable bonds is 4. The van der Waals surface area contributed by atoms with Gasteiger partial charge in [-0.15, -0.1) is 0 Å². The molecule has 0 saturated carbocycles. The Balaban J connectivity index is 0.00000220. The smallest absolute Gasteiger partial charge is 0.497 e. The van der Waals surface area contributed by atoms with E-state index in [0.717, 1.165) is 33.3 Å². The van der Waals surface area contributed by atoms with E-state index in [9.17, 15) is 4.79 Å². The third kappa shape index (κ3) is 4.21. The topological polar surface area (TPSA) is 26.3 Å². The van der Waals surface area contributed by atoms with Gasteiger partial charge in [0.05, 0.1) is 7.11 Å². The van der Waals surface area contributed by atoms with Gasteiger partial charge in [0.25, 0.3) is 0 Å². The minimum atomic E-state index is 0. The SMILES string of the molecule is COc1ccc([P-]C(=O)c2c(C)cccc2C)c(C)c1.[Li+]. The van der Waals surface area contributed by atoms with Gasteiger partial charge < -0.3 is 18.1 Å². The van der Waals surface area contributed by atoms with Crippen LogP contribution < -0.4 is 28.9 Å². The number of ether oxygens (including phenoxy) is 1. The maximum atomic E-state index is 12.5. The van der Waals surface area contributed by atoms with E-state index in [-0.39, 0.29) is 24.4 Å². The molecular weight excluding hydrogens is 274 g/mol. The van der Waals surface area contributed by atoms with E-state index in [1.807, 2.05) is 57.2 Å². The van der Waals surface area contributed by atoms with E-state index in [4.69, 9.17) is 4.74 Å². The first kappa shape index (κ1) is 18.0. The molecule has 0 aliphatic rings. The van der Waals surface area contributed by atoms with Crippen molar-refractivity contribution in [2.24, 2.45) is 0 Å². The molecule has 0 aromatic heterocycles. The molecule has 0 unspecified atom stereocenters. The first-order valence-electron chi connectivity index (χ1n) is 6.50. The molecule has 0 radical (unpaired) electrons. The first-order valence-corrected chi connectivity index (χ1v) is 7.39. The van der Waals surface area contributed by atoms with E-state index >= 15 is 0 Å². The maximum absolute atomic E-state index is 12.5. The predicted octanol–water partition coefficient (Wildman–Crippen LogP) is 1.04. The van der Waals surface area contributed by atoms with Crippen LogP contribution in [-0.2, 0) is 0 Å². The standard InChI is InChI=1S/C17H18O2P.Li/c1-11-6-5-7-12(2)16(11)17(18)20-15-9-8-14(19-4)10-13(15)3;/h5-10H,1-4H3;/q-1;+1. The molecule has 0 amide bonds. The van der Waals surface area contributed by atoms with Crippen molar-refractivity contribution in [3.8, 4) is 5.75 Å². The van der Waals surface area contributed by atoms with Crippen LogP contribution in [-0.4, -0.2) is 12.6 Å². The van der Waals surface area contributed by atoms with E-state index < -0.39 is 0 Å². The molecule has 0 N–H and O–H groups in total. The van der Waals surface area contributed by atoms with E-state index in [2.05, 4.69) is 0 Å². The summed E-state index contributed by atoms with van der Waals surface area (Å²) in [5.41, 5.74) is 4.13. The molecule has 0 fully saturated rings. The van der Waals surface area contributed by atoms with Crippen molar-refractivity contribution in [2.75, 3.05) is 7.11 Å². The van der Waals surface area contributed by atoms with Crippen LogP contribution >= 0.6 is 8.58 Å². The van der Waals surface area contributed by atoms with Crippen LogP contribution in [0.15, 0.2) is 36.4 Å². The summed E-state index contributed by atoms with van der Waals surface area (Å²) < 4.78 is 5.19. The van der Waals surface area contributed by atoms with Gasteiger partial charge in [0.1, 0.15) is 5.75 Å². The average molecular weight is 292 g/mol. The van der Waals surface area contributed by atoms with Crippen LogP contribution in [0, 0.1) is 20.8 Å². The molecule has 2 nitrogen and oxygen atoms in total. The molecule has 104 valence electrons. The van der Waals surface area contributed by atoms with E-state index in [1.165, 1.54) is 0 Å². The maximum Gasteiger partial charge on any atom is 1.00 e. The Kier molecular flexibility index (Phi) is 6.69. The molecular formula is C17H18LiO2P. The number of carbonyl (C=O) groups excluding carboxylic acids is 1. The summed E-state index contributed by atoms with van der Waals surface area (Å²) in [4.78, 5) is 12.5. The van der Waals surface area contributed by atoms with Gasteiger partial charge >= 0.3 is 18.9 Å². The number of methoxy groups -OCH3 is 1. The van der Waals surface area contributed by atoms with Gasteiger partial charge in [-0.1, -0.05) is 29.8 Å². The summed E-state index contributed by atoms with van der Waals surface area (Å²) in [6.07, 6.45) is 0. The van der Waals surface area contributed by atoms with Gasteiger partial charge in [-0.25, -0.2) is 0 Å². The zero-order chi connectivity index (χ0) is 14.7. The molecule has 0 aliphatic carbocycles. The molecule has 4 heteroatoms. The summed E-state index contributed by atoms with van der Waals surface area (Å²) in [6, 6.07) is 11.8. The van der Waals surface area contributed by atoms with E-state index in [0.29, 0.717) is 8.58 Å². The van der Waals surface area contributed by atoms with Crippen LogP contribution in [0.4, 0.5) is 0 Å². The molecule has 0 saturated heterocycles. The van der Waals surface area contributed by atoms with Gasteiger partial charge in [-0.2, -0.15) is 5.30 Å². The van der Waals surface area contributed by atoms with Gasteiger partial charge in [0, 0.05) is 5.52 Å². The summed E-state index contributed by atoms with van der Waals surface area (Å²) in [5, 5.41) is 1.03. The van der Waals surface area contributed by atoms with Gasteiger partial charge in [0.2, 0.25) is 0 Å². The second-order valence-electron chi connectivity index (χ2n) is 4.84. The zero-order valence-electron chi connectivity index (χ0n) is 13.2. The Morgan fingerprint density at radius 1 is 1.00 bits per heavy atom. The fraction of sp³-hybridized carbons (Fsp3) is 0.235. The second kappa shape index (κ2) is 7.81. The molecule has 2 aromatic carbocycles. The summed E-state index contributed by atoms with van der Waals surface area (Å²) in [7, 11) is 2.36. The quantitative estimate of drug-likeness (QED) is 0.622. The van der Waals surface area contributed by atoms with Crippen molar-refractivity contribution in [3.05, 3.63) is 58.7 Å². The number of hydrogen-bond acceptors (Lipinski definition) is 2. The second-order valence-corrected chi connectivity index (χ2v) is 5.95. The molecule has 0 spiro atoms. The third-order valence-electron chi connectivity index (χ3n) is 3.32. The monoisotopic (exact) mass is 292 g/mol. The minimum Gasteiger partial charge on any atom is -0.497 e. The number of hydrogen-bond donors (Lipinski definition) is 0. The van der Waals surface area contributed by atoms with Crippen molar-refractivity contribution in [2.45, 2.75) is 20.8 Å². The van der Waals surface area contributed by atoms with Gasteiger partial charge in [-0.3, -0.25) is 0 Å². The Morgan fingerprint density at radius 3 is 2.14 bits per heavy atom. The third-order valence-corrected chi connectivity index (χ3v) is 4.49. The van der Waals surface area contributed by atoms with Crippen molar-refractivity contribution in [1.29, 1.82) is 0 Å². The molecule has 21 heavy (non-hydrogen) atoms. The average Bonchev–Trinajstić information content (AvgIpc) is 2.41. The minimum absolute atomic E-state index is 0. The normalized spacial score (nSPS) is 10.5. The molecule has 2 aromatic rings. The summed E-state index contributed by atoms with van der Waals surface area (Å²) in [5.74, 6) is 0.820. The molecule has 0 aliphatic heterocycles. The largest absolute Gasteiger partial charge is 1.00 e. The predicted molar refractivity (Wildman–Crippen MR) is 84.5 cm³/mol. The van der Waals surface area contributed by atoms with Crippen molar-refractivity contribution < 1.29 is 28.4 Å². The molecule has 0 heterocycles. The summed E-state index contributed by atoms with van der Waals surface area (Å²) >= 11 is 0. The number of aryl methyl sites for hydroxylation is 3. The van der Waals surface area contributed by atoms with E-state index in [1.54, 1.807) is 7.11 Å². The van der Waals surface area contributed by atoms with Gasteiger partial charge in [0.15, 0.2) is 0 Å². The van der Waals surface area contributed by atoms with Crippen LogP contribution in [0.25, 0.3) is 0 Å². The van der Waals surface area contributed by atoms with Crippen LogP contribution in [0.5, 0.6) is 5.75 Å². The Bertz CT molecular complexity index is 633. The van der Waals surface area contributed by atoms with Crippen LogP contribution in [0.1, 0.15) is 27.0 Å². The van der Waals surface area contributed by atoms with Crippen molar-refractivity contribution >= 4 is 19.4 Å². The van der Waals surface area contributed by atoms with Gasteiger partial charge in [-0.05, 0) is 49.6 Å². The zero-order valence-corrected chi connectivity index (χ0v) is 14.1. The van der Waals surface area contributed by atoms with Crippen molar-refractivity contribution in [1.82, 2.24) is 0 Å². The summed E-state index contributed by atoms with van der Waals surface area (Å²) in [6.45, 7) is 5.97. The van der Waals surface area contributed by atoms with Crippen LogP contribution in [0.3, 0.4) is 0 Å². The van der Waals surface area contributed by atoms with Crippen LogP contribution in [0.2, 0.25) is 0 Å². The Hall–Kier alpha value is -1.06. The number of carbonyl (C=O) groups is 1.